The van der Waals surface area contributed by atoms with Gasteiger partial charge in [-0.05, 0) is 43.2 Å². The van der Waals surface area contributed by atoms with Gasteiger partial charge in [0.15, 0.2) is 0 Å². The van der Waals surface area contributed by atoms with Crippen LogP contribution in [-0.2, 0) is 11.2 Å². The summed E-state index contributed by atoms with van der Waals surface area (Å²) < 4.78 is 0. The molecule has 1 aliphatic heterocycles. The molecule has 3 rings (SSSR count). The second kappa shape index (κ2) is 5.04. The second-order valence-corrected chi connectivity index (χ2v) is 6.35. The molecule has 2 nitrogen and oxygen atoms in total. The summed E-state index contributed by atoms with van der Waals surface area (Å²) in [5.41, 5.74) is 2.80. The Bertz CT molecular complexity index is 460. The molecule has 3 heteroatoms. The van der Waals surface area contributed by atoms with E-state index in [-0.39, 0.29) is 10.7 Å². The molecule has 18 heavy (non-hydrogen) atoms. The van der Waals surface area contributed by atoms with Crippen LogP contribution in [0.15, 0.2) is 24.3 Å². The maximum Gasteiger partial charge on any atom is 0.236 e. The standard InChI is InChI=1S/C15H18BrNO/c16-13-8-4-10-17(15(13)18)14-9-3-6-11-5-1-2-7-12(11)14/h1-2,5,7,13-14H,3-4,6,8-10H2. The number of benzene rings is 1. The van der Waals surface area contributed by atoms with Gasteiger partial charge >= 0.3 is 0 Å². The number of hydrogen-bond acceptors (Lipinski definition) is 1. The van der Waals surface area contributed by atoms with Gasteiger partial charge in [0.2, 0.25) is 5.91 Å². The van der Waals surface area contributed by atoms with E-state index >= 15 is 0 Å². The number of aryl methyl sites for hydroxylation is 1. The fraction of sp³-hybridized carbons (Fsp3) is 0.533. The number of likely N-dealkylation sites (tertiary alicyclic amines) is 1. The lowest BCUT2D eigenvalue weighted by atomic mass is 9.86. The van der Waals surface area contributed by atoms with E-state index < -0.39 is 0 Å². The molecule has 2 unspecified atom stereocenters. The highest BCUT2D eigenvalue weighted by Gasteiger charge is 2.34. The predicted molar refractivity (Wildman–Crippen MR) is 75.8 cm³/mol. The summed E-state index contributed by atoms with van der Waals surface area (Å²) in [6.45, 7) is 0.917. The molecule has 1 amide bonds. The molecule has 0 aromatic heterocycles. The molecule has 2 atom stereocenters. The Balaban J connectivity index is 1.91. The van der Waals surface area contributed by atoms with E-state index in [1.165, 1.54) is 17.5 Å². The van der Waals surface area contributed by atoms with Crippen LogP contribution < -0.4 is 0 Å². The monoisotopic (exact) mass is 307 g/mol. The van der Waals surface area contributed by atoms with Crippen molar-refractivity contribution in [2.45, 2.75) is 43.0 Å². The first-order valence-electron chi connectivity index (χ1n) is 6.80. The van der Waals surface area contributed by atoms with Crippen LogP contribution in [0.3, 0.4) is 0 Å². The van der Waals surface area contributed by atoms with Gasteiger partial charge in [0.25, 0.3) is 0 Å². The lowest BCUT2D eigenvalue weighted by Crippen LogP contribution is -2.44. The lowest BCUT2D eigenvalue weighted by molar-refractivity contribution is -0.135. The zero-order valence-electron chi connectivity index (χ0n) is 10.4. The summed E-state index contributed by atoms with van der Waals surface area (Å²) in [6, 6.07) is 8.91. The Kier molecular flexibility index (Phi) is 3.42. The number of piperidine rings is 1. The largest absolute Gasteiger partial charge is 0.335 e. The van der Waals surface area contributed by atoms with Gasteiger partial charge in [0, 0.05) is 6.54 Å². The van der Waals surface area contributed by atoms with Gasteiger partial charge in [0.1, 0.15) is 0 Å². The molecular weight excluding hydrogens is 290 g/mol. The summed E-state index contributed by atoms with van der Waals surface area (Å²) >= 11 is 3.51. The Labute approximate surface area is 116 Å². The molecule has 0 spiro atoms. The Morgan fingerprint density at radius 2 is 2.00 bits per heavy atom. The molecule has 0 bridgehead atoms. The van der Waals surface area contributed by atoms with Crippen LogP contribution in [0.5, 0.6) is 0 Å². The molecule has 1 heterocycles. The molecule has 1 aromatic carbocycles. The number of hydrogen-bond donors (Lipinski definition) is 0. The van der Waals surface area contributed by atoms with Gasteiger partial charge in [-0.2, -0.15) is 0 Å². The van der Waals surface area contributed by atoms with Gasteiger partial charge in [-0.25, -0.2) is 0 Å². The number of rotatable bonds is 1. The molecule has 2 aliphatic rings. The number of halogens is 1. The van der Waals surface area contributed by atoms with Gasteiger partial charge < -0.3 is 4.90 Å². The average molecular weight is 308 g/mol. The van der Waals surface area contributed by atoms with Crippen molar-refractivity contribution in [3.8, 4) is 0 Å². The SMILES string of the molecule is O=C1C(Br)CCCN1C1CCCc2ccccc21. The number of fused-ring (bicyclic) bond motifs is 1. The quantitative estimate of drug-likeness (QED) is 0.728. The number of amides is 1. The molecule has 1 fully saturated rings. The first-order chi connectivity index (χ1) is 8.77. The fourth-order valence-electron chi connectivity index (χ4n) is 3.22. The summed E-state index contributed by atoms with van der Waals surface area (Å²) in [5.74, 6) is 0.281. The van der Waals surface area contributed by atoms with Crippen LogP contribution in [0.1, 0.15) is 42.9 Å². The first-order valence-corrected chi connectivity index (χ1v) is 7.71. The minimum atomic E-state index is 0.0281. The third-order valence-electron chi connectivity index (χ3n) is 4.12. The van der Waals surface area contributed by atoms with Gasteiger partial charge in [-0.3, -0.25) is 4.79 Å². The van der Waals surface area contributed by atoms with E-state index in [4.69, 9.17) is 0 Å². The van der Waals surface area contributed by atoms with Crippen LogP contribution in [0.2, 0.25) is 0 Å². The number of carbonyl (C=O) groups excluding carboxylic acids is 1. The number of carbonyl (C=O) groups is 1. The highest BCUT2D eigenvalue weighted by atomic mass is 79.9. The van der Waals surface area contributed by atoms with Crippen molar-refractivity contribution in [1.82, 2.24) is 4.90 Å². The van der Waals surface area contributed by atoms with E-state index in [0.717, 1.165) is 32.2 Å². The van der Waals surface area contributed by atoms with Gasteiger partial charge in [0.05, 0.1) is 10.9 Å². The van der Waals surface area contributed by atoms with Gasteiger partial charge in [-0.15, -0.1) is 0 Å². The molecular formula is C15H18BrNO. The van der Waals surface area contributed by atoms with Crippen LogP contribution in [0.4, 0.5) is 0 Å². The van der Waals surface area contributed by atoms with Crippen LogP contribution in [-0.4, -0.2) is 22.2 Å². The third kappa shape index (κ3) is 2.09. The molecule has 0 saturated carbocycles. The van der Waals surface area contributed by atoms with Crippen LogP contribution in [0, 0.1) is 0 Å². The maximum atomic E-state index is 12.3. The van der Waals surface area contributed by atoms with Crippen molar-refractivity contribution in [2.24, 2.45) is 0 Å². The minimum Gasteiger partial charge on any atom is -0.335 e. The van der Waals surface area contributed by atoms with E-state index in [1.807, 2.05) is 0 Å². The van der Waals surface area contributed by atoms with Crippen molar-refractivity contribution in [2.75, 3.05) is 6.54 Å². The fourth-order valence-corrected chi connectivity index (χ4v) is 3.80. The van der Waals surface area contributed by atoms with Crippen molar-refractivity contribution < 1.29 is 4.79 Å². The Hall–Kier alpha value is -0.830. The van der Waals surface area contributed by atoms with Crippen molar-refractivity contribution in [3.05, 3.63) is 35.4 Å². The molecule has 0 N–H and O–H groups in total. The van der Waals surface area contributed by atoms with E-state index in [0.29, 0.717) is 6.04 Å². The van der Waals surface area contributed by atoms with E-state index in [9.17, 15) is 4.79 Å². The zero-order chi connectivity index (χ0) is 12.5. The summed E-state index contributed by atoms with van der Waals surface area (Å²) in [5, 5.41) is 0. The topological polar surface area (TPSA) is 20.3 Å². The zero-order valence-corrected chi connectivity index (χ0v) is 12.0. The van der Waals surface area contributed by atoms with Crippen molar-refractivity contribution in [3.63, 3.8) is 0 Å². The number of nitrogens with zero attached hydrogens (tertiary/aromatic N) is 1. The van der Waals surface area contributed by atoms with Crippen LogP contribution >= 0.6 is 15.9 Å². The van der Waals surface area contributed by atoms with E-state index in [2.05, 4.69) is 45.1 Å². The predicted octanol–water partition coefficient (Wildman–Crippen LogP) is 3.45. The molecule has 0 radical (unpaired) electrons. The summed E-state index contributed by atoms with van der Waals surface area (Å²) in [6.07, 6.45) is 5.55. The molecule has 1 saturated heterocycles. The maximum absolute atomic E-state index is 12.3. The van der Waals surface area contributed by atoms with Crippen molar-refractivity contribution in [1.29, 1.82) is 0 Å². The summed E-state index contributed by atoms with van der Waals surface area (Å²) in [4.78, 5) is 14.4. The Morgan fingerprint density at radius 1 is 1.17 bits per heavy atom. The normalized spacial score (nSPS) is 28.1. The van der Waals surface area contributed by atoms with Crippen molar-refractivity contribution >= 4 is 21.8 Å². The Morgan fingerprint density at radius 3 is 2.89 bits per heavy atom. The first kappa shape index (κ1) is 12.2. The smallest absolute Gasteiger partial charge is 0.236 e. The molecule has 1 aromatic rings. The van der Waals surface area contributed by atoms with Gasteiger partial charge in [-0.1, -0.05) is 40.2 Å². The lowest BCUT2D eigenvalue weighted by Gasteiger charge is -2.39. The van der Waals surface area contributed by atoms with E-state index in [1.54, 1.807) is 0 Å². The minimum absolute atomic E-state index is 0.0281. The summed E-state index contributed by atoms with van der Waals surface area (Å²) in [7, 11) is 0. The third-order valence-corrected chi connectivity index (χ3v) is 4.97. The molecule has 1 aliphatic carbocycles. The molecule has 96 valence electrons. The van der Waals surface area contributed by atoms with Crippen LogP contribution in [0.25, 0.3) is 0 Å². The highest BCUT2D eigenvalue weighted by molar-refractivity contribution is 9.10. The average Bonchev–Trinajstić information content (AvgIpc) is 2.41. The number of alkyl halides is 1. The highest BCUT2D eigenvalue weighted by Crippen LogP contribution is 2.36. The second-order valence-electron chi connectivity index (χ2n) is 5.25.